The molecule has 4 aromatic rings. The molecule has 146 valence electrons. The van der Waals surface area contributed by atoms with Crippen molar-refractivity contribution in [2.24, 2.45) is 0 Å². The first kappa shape index (κ1) is 17.9. The molecule has 8 heteroatoms. The van der Waals surface area contributed by atoms with Crippen LogP contribution in [0, 0.1) is 5.21 Å². The molecule has 1 aliphatic heterocycles. The van der Waals surface area contributed by atoms with Gasteiger partial charge < -0.3 is 9.94 Å². The summed E-state index contributed by atoms with van der Waals surface area (Å²) in [6, 6.07) is 15.0. The third-order valence-corrected chi connectivity index (χ3v) is 6.53. The highest BCUT2D eigenvalue weighted by atomic mass is 79.9. The normalized spacial score (nSPS) is 18.8. The van der Waals surface area contributed by atoms with Crippen LogP contribution in [0.3, 0.4) is 0 Å². The minimum absolute atomic E-state index is 0.0309. The van der Waals surface area contributed by atoms with E-state index in [1.165, 1.54) is 6.08 Å². The third-order valence-electron chi connectivity index (χ3n) is 5.54. The zero-order valence-corrected chi connectivity index (χ0v) is 18.2. The molecule has 2 aliphatic rings. The van der Waals surface area contributed by atoms with Crippen LogP contribution in [0.4, 0.5) is 0 Å². The summed E-state index contributed by atoms with van der Waals surface area (Å²) in [6.07, 6.45) is 3.14. The Kier molecular flexibility index (Phi) is 3.58. The summed E-state index contributed by atoms with van der Waals surface area (Å²) in [5.74, 6) is 0.0941. The lowest BCUT2D eigenvalue weighted by molar-refractivity contribution is -0.810. The highest BCUT2D eigenvalue weighted by Crippen LogP contribution is 2.51. The molecule has 2 heterocycles. The standard InChI is InChI=1S/C22H10Br2N2O4/c23-13-3-5-15-11(9-13)1-7-17-19(15)20-21(26(28)30-25-20)22(29-17)16-6-4-14(24)10-12(16)2-8-18(22)27/h1-10H. The lowest BCUT2D eigenvalue weighted by atomic mass is 9.76. The van der Waals surface area contributed by atoms with E-state index in [2.05, 4.69) is 37.0 Å². The molecule has 30 heavy (non-hydrogen) atoms. The van der Waals surface area contributed by atoms with Crippen molar-refractivity contribution in [2.45, 2.75) is 5.60 Å². The van der Waals surface area contributed by atoms with Gasteiger partial charge in [-0.3, -0.25) is 9.42 Å². The molecule has 0 fully saturated rings. The van der Waals surface area contributed by atoms with Crippen molar-refractivity contribution in [1.82, 2.24) is 5.16 Å². The number of nitrogens with zero attached hydrogens (tertiary/aromatic N) is 2. The van der Waals surface area contributed by atoms with Gasteiger partial charge >= 0.3 is 0 Å². The summed E-state index contributed by atoms with van der Waals surface area (Å²) in [5.41, 5.74) is 0.621. The number of rotatable bonds is 0. The largest absolute Gasteiger partial charge is 0.464 e. The average Bonchev–Trinajstić information content (AvgIpc) is 3.12. The molecule has 6 nitrogen and oxygen atoms in total. The maximum absolute atomic E-state index is 13.3. The van der Waals surface area contributed by atoms with Crippen LogP contribution >= 0.6 is 31.9 Å². The van der Waals surface area contributed by atoms with Gasteiger partial charge in [0.15, 0.2) is 0 Å². The molecular weight excluding hydrogens is 516 g/mol. The fourth-order valence-corrected chi connectivity index (χ4v) is 5.05. The minimum Gasteiger partial charge on any atom is -0.464 e. The number of carbonyl (C=O) groups excluding carboxylic acids is 1. The monoisotopic (exact) mass is 524 g/mol. The molecule has 0 saturated heterocycles. The van der Waals surface area contributed by atoms with Gasteiger partial charge in [0.25, 0.3) is 17.0 Å². The SMILES string of the molecule is O=C1C=Cc2cc(Br)ccc2C12Oc1ccc3cc(Br)ccc3c1-c1no[n+]([O-])c12. The van der Waals surface area contributed by atoms with E-state index in [0.29, 0.717) is 22.6 Å². The third kappa shape index (κ3) is 2.20. The van der Waals surface area contributed by atoms with Crippen LogP contribution in [0.5, 0.6) is 5.75 Å². The second kappa shape index (κ2) is 6.02. The molecule has 1 aliphatic carbocycles. The Morgan fingerprint density at radius 1 is 1.00 bits per heavy atom. The smallest absolute Gasteiger partial charge is 0.265 e. The average molecular weight is 526 g/mol. The fourth-order valence-electron chi connectivity index (χ4n) is 4.29. The first-order valence-corrected chi connectivity index (χ1v) is 10.6. The highest BCUT2D eigenvalue weighted by Gasteiger charge is 2.57. The van der Waals surface area contributed by atoms with Crippen LogP contribution < -0.4 is 9.64 Å². The van der Waals surface area contributed by atoms with Crippen molar-refractivity contribution < 1.29 is 19.1 Å². The van der Waals surface area contributed by atoms with Gasteiger partial charge in [-0.1, -0.05) is 56.1 Å². The molecule has 1 atom stereocenters. The van der Waals surface area contributed by atoms with E-state index < -0.39 is 5.60 Å². The van der Waals surface area contributed by atoms with Crippen LogP contribution in [0.2, 0.25) is 0 Å². The summed E-state index contributed by atoms with van der Waals surface area (Å²) >= 11 is 6.93. The van der Waals surface area contributed by atoms with E-state index in [1.807, 2.05) is 36.4 Å². The van der Waals surface area contributed by atoms with Crippen LogP contribution in [0.1, 0.15) is 16.8 Å². The van der Waals surface area contributed by atoms with Crippen LogP contribution in [-0.4, -0.2) is 10.9 Å². The Labute approximate surface area is 186 Å². The van der Waals surface area contributed by atoms with Crippen molar-refractivity contribution in [3.8, 4) is 17.0 Å². The van der Waals surface area contributed by atoms with Gasteiger partial charge in [0, 0.05) is 19.7 Å². The quantitative estimate of drug-likeness (QED) is 0.305. The van der Waals surface area contributed by atoms with E-state index in [0.717, 1.165) is 25.3 Å². The van der Waals surface area contributed by atoms with Gasteiger partial charge in [-0.05, 0) is 57.6 Å². The van der Waals surface area contributed by atoms with Gasteiger partial charge in [0.2, 0.25) is 5.78 Å². The summed E-state index contributed by atoms with van der Waals surface area (Å²) < 4.78 is 13.2. The number of ether oxygens (including phenoxy) is 1. The number of ketones is 1. The molecule has 1 aromatic heterocycles. The maximum Gasteiger partial charge on any atom is 0.265 e. The summed E-state index contributed by atoms with van der Waals surface area (Å²) in [6.45, 7) is 0. The summed E-state index contributed by atoms with van der Waals surface area (Å²) in [5, 5.41) is 18.6. The number of aromatic nitrogens is 2. The Morgan fingerprint density at radius 3 is 2.67 bits per heavy atom. The Morgan fingerprint density at radius 2 is 1.80 bits per heavy atom. The lowest BCUT2D eigenvalue weighted by Gasteiger charge is -2.36. The Bertz CT molecular complexity index is 1440. The van der Waals surface area contributed by atoms with Crippen molar-refractivity contribution in [3.63, 3.8) is 0 Å². The van der Waals surface area contributed by atoms with Crippen LogP contribution in [0.15, 0.2) is 68.2 Å². The molecule has 0 radical (unpaired) electrons. The molecule has 1 unspecified atom stereocenters. The highest BCUT2D eigenvalue weighted by molar-refractivity contribution is 9.10. The van der Waals surface area contributed by atoms with Crippen molar-refractivity contribution in [3.05, 3.63) is 85.6 Å². The first-order chi connectivity index (χ1) is 14.5. The maximum atomic E-state index is 13.3. The molecule has 6 rings (SSSR count). The predicted molar refractivity (Wildman–Crippen MR) is 116 cm³/mol. The summed E-state index contributed by atoms with van der Waals surface area (Å²) in [7, 11) is 0. The van der Waals surface area contributed by atoms with Gasteiger partial charge in [-0.15, -0.1) is 0 Å². The zero-order chi connectivity index (χ0) is 20.6. The van der Waals surface area contributed by atoms with E-state index in [-0.39, 0.29) is 16.4 Å². The molecule has 0 bridgehead atoms. The van der Waals surface area contributed by atoms with Gasteiger partial charge in [0.05, 0.1) is 5.56 Å². The zero-order valence-electron chi connectivity index (χ0n) is 15.1. The van der Waals surface area contributed by atoms with E-state index >= 15 is 0 Å². The van der Waals surface area contributed by atoms with Gasteiger partial charge in [0.1, 0.15) is 5.75 Å². The number of hydrogen-bond acceptors (Lipinski definition) is 5. The summed E-state index contributed by atoms with van der Waals surface area (Å²) in [4.78, 5) is 13.6. The second-order valence-electron chi connectivity index (χ2n) is 7.14. The van der Waals surface area contributed by atoms with Crippen LogP contribution in [-0.2, 0) is 10.4 Å². The Hall–Kier alpha value is -2.97. The van der Waals surface area contributed by atoms with E-state index in [1.54, 1.807) is 18.2 Å². The van der Waals surface area contributed by atoms with Gasteiger partial charge in [-0.25, -0.2) is 0 Å². The number of hydrogen-bond donors (Lipinski definition) is 0. The molecule has 3 aromatic carbocycles. The fraction of sp³-hybridized carbons (Fsp3) is 0.0455. The molecular formula is C22H10Br2N2O4. The number of benzene rings is 3. The van der Waals surface area contributed by atoms with E-state index in [9.17, 15) is 10.0 Å². The second-order valence-corrected chi connectivity index (χ2v) is 8.98. The molecule has 0 N–H and O–H groups in total. The predicted octanol–water partition coefficient (Wildman–Crippen LogP) is 4.89. The minimum atomic E-state index is -1.67. The number of fused-ring (bicyclic) bond motifs is 8. The number of halogens is 2. The van der Waals surface area contributed by atoms with Crippen LogP contribution in [0.25, 0.3) is 28.1 Å². The van der Waals surface area contributed by atoms with Crippen molar-refractivity contribution in [1.29, 1.82) is 0 Å². The number of carbonyl (C=O) groups is 1. The molecule has 0 amide bonds. The lowest BCUT2D eigenvalue weighted by Crippen LogP contribution is -2.52. The van der Waals surface area contributed by atoms with Crippen molar-refractivity contribution in [2.75, 3.05) is 0 Å². The molecule has 0 saturated carbocycles. The van der Waals surface area contributed by atoms with Crippen molar-refractivity contribution >= 4 is 54.5 Å². The molecule has 1 spiro atoms. The topological polar surface area (TPSA) is 79.3 Å². The van der Waals surface area contributed by atoms with Gasteiger partial charge in [-0.2, -0.15) is 0 Å². The Balaban J connectivity index is 1.72. The first-order valence-electron chi connectivity index (χ1n) is 9.03. The van der Waals surface area contributed by atoms with E-state index in [4.69, 9.17) is 9.37 Å².